The van der Waals surface area contributed by atoms with E-state index >= 15 is 0 Å². The first-order valence-electron chi connectivity index (χ1n) is 5.79. The van der Waals surface area contributed by atoms with E-state index in [1.54, 1.807) is 6.07 Å². The van der Waals surface area contributed by atoms with Gasteiger partial charge in [-0.25, -0.2) is 0 Å². The van der Waals surface area contributed by atoms with Crippen LogP contribution in [0, 0.1) is 0 Å². The molecule has 0 aliphatic heterocycles. The SMILES string of the molecule is CCC(NCC=C(C)C)c1ccccc1O. The van der Waals surface area contributed by atoms with E-state index in [0.717, 1.165) is 18.5 Å². The molecule has 0 aliphatic carbocycles. The summed E-state index contributed by atoms with van der Waals surface area (Å²) in [5.74, 6) is 0.374. The molecular formula is C14H21NO. The number of nitrogens with one attached hydrogen (secondary N) is 1. The average Bonchev–Trinajstić information content (AvgIpc) is 2.25. The zero-order chi connectivity index (χ0) is 12.0. The number of para-hydroxylation sites is 1. The lowest BCUT2D eigenvalue weighted by molar-refractivity contribution is 0.447. The van der Waals surface area contributed by atoms with Crippen LogP contribution in [0.3, 0.4) is 0 Å². The maximum absolute atomic E-state index is 9.77. The normalized spacial score (nSPS) is 12.2. The van der Waals surface area contributed by atoms with Gasteiger partial charge >= 0.3 is 0 Å². The second kappa shape index (κ2) is 6.33. The highest BCUT2D eigenvalue weighted by atomic mass is 16.3. The average molecular weight is 219 g/mol. The summed E-state index contributed by atoms with van der Waals surface area (Å²) in [6.07, 6.45) is 3.12. The quantitative estimate of drug-likeness (QED) is 0.744. The third-order valence-corrected chi connectivity index (χ3v) is 2.59. The van der Waals surface area contributed by atoms with Crippen molar-refractivity contribution in [2.24, 2.45) is 0 Å². The van der Waals surface area contributed by atoms with Crippen LogP contribution in [-0.2, 0) is 0 Å². The Hall–Kier alpha value is -1.28. The maximum atomic E-state index is 9.77. The molecule has 0 aromatic heterocycles. The summed E-state index contributed by atoms with van der Waals surface area (Å²) in [5, 5.41) is 13.2. The van der Waals surface area contributed by atoms with Crippen LogP contribution < -0.4 is 5.32 Å². The van der Waals surface area contributed by atoms with Crippen molar-refractivity contribution in [3.63, 3.8) is 0 Å². The number of hydrogen-bond donors (Lipinski definition) is 2. The van der Waals surface area contributed by atoms with E-state index < -0.39 is 0 Å². The van der Waals surface area contributed by atoms with Gasteiger partial charge in [-0.15, -0.1) is 0 Å². The largest absolute Gasteiger partial charge is 0.508 e. The second-order valence-electron chi connectivity index (χ2n) is 4.21. The topological polar surface area (TPSA) is 32.3 Å². The molecule has 0 spiro atoms. The zero-order valence-electron chi connectivity index (χ0n) is 10.3. The van der Waals surface area contributed by atoms with Gasteiger partial charge in [0.05, 0.1) is 0 Å². The fourth-order valence-corrected chi connectivity index (χ4v) is 1.66. The van der Waals surface area contributed by atoms with Gasteiger partial charge < -0.3 is 10.4 Å². The van der Waals surface area contributed by atoms with Crippen LogP contribution in [0.25, 0.3) is 0 Å². The highest BCUT2D eigenvalue weighted by Crippen LogP contribution is 2.25. The molecule has 2 N–H and O–H groups in total. The highest BCUT2D eigenvalue weighted by Gasteiger charge is 2.11. The molecule has 0 saturated heterocycles. The fraction of sp³-hybridized carbons (Fsp3) is 0.429. The number of phenols is 1. The summed E-state index contributed by atoms with van der Waals surface area (Å²) in [6.45, 7) is 7.13. The van der Waals surface area contributed by atoms with Crippen molar-refractivity contribution in [1.82, 2.24) is 5.32 Å². The standard InChI is InChI=1S/C14H21NO/c1-4-13(15-10-9-11(2)3)12-7-5-6-8-14(12)16/h5-9,13,15-16H,4,10H2,1-3H3. The number of allylic oxidation sites excluding steroid dienone is 1. The first-order chi connectivity index (χ1) is 7.65. The van der Waals surface area contributed by atoms with E-state index in [-0.39, 0.29) is 6.04 Å². The van der Waals surface area contributed by atoms with E-state index in [1.165, 1.54) is 5.57 Å². The Morgan fingerprint density at radius 2 is 2.06 bits per heavy atom. The third-order valence-electron chi connectivity index (χ3n) is 2.59. The van der Waals surface area contributed by atoms with Gasteiger partial charge in [-0.1, -0.05) is 36.8 Å². The first kappa shape index (κ1) is 12.8. The van der Waals surface area contributed by atoms with E-state index in [1.807, 2.05) is 18.2 Å². The minimum absolute atomic E-state index is 0.219. The molecule has 0 heterocycles. The molecule has 0 radical (unpaired) electrons. The molecule has 0 amide bonds. The lowest BCUT2D eigenvalue weighted by Crippen LogP contribution is -2.20. The van der Waals surface area contributed by atoms with Crippen LogP contribution in [0.1, 0.15) is 38.8 Å². The van der Waals surface area contributed by atoms with Gasteiger partial charge in [-0.05, 0) is 26.3 Å². The predicted octanol–water partition coefficient (Wildman–Crippen LogP) is 3.40. The molecule has 0 bridgehead atoms. The van der Waals surface area contributed by atoms with Crippen LogP contribution in [0.5, 0.6) is 5.75 Å². The summed E-state index contributed by atoms with van der Waals surface area (Å²) in [6, 6.07) is 7.73. The van der Waals surface area contributed by atoms with Gasteiger partial charge in [0.25, 0.3) is 0 Å². The fourth-order valence-electron chi connectivity index (χ4n) is 1.66. The molecule has 0 fully saturated rings. The first-order valence-corrected chi connectivity index (χ1v) is 5.79. The Kier molecular flexibility index (Phi) is 5.06. The van der Waals surface area contributed by atoms with Crippen LogP contribution in [0.4, 0.5) is 0 Å². The smallest absolute Gasteiger partial charge is 0.120 e. The number of hydrogen-bond acceptors (Lipinski definition) is 2. The summed E-state index contributed by atoms with van der Waals surface area (Å²) < 4.78 is 0. The van der Waals surface area contributed by atoms with E-state index in [2.05, 4.69) is 32.2 Å². The van der Waals surface area contributed by atoms with Crippen molar-refractivity contribution in [2.45, 2.75) is 33.2 Å². The molecular weight excluding hydrogens is 198 g/mol. The summed E-state index contributed by atoms with van der Waals surface area (Å²) >= 11 is 0. The van der Waals surface area contributed by atoms with Crippen molar-refractivity contribution in [1.29, 1.82) is 0 Å². The van der Waals surface area contributed by atoms with Gasteiger partial charge in [0.2, 0.25) is 0 Å². The van der Waals surface area contributed by atoms with Gasteiger partial charge in [0.15, 0.2) is 0 Å². The lowest BCUT2D eigenvalue weighted by atomic mass is 10.0. The molecule has 16 heavy (non-hydrogen) atoms. The molecule has 2 heteroatoms. The molecule has 2 nitrogen and oxygen atoms in total. The van der Waals surface area contributed by atoms with Crippen molar-refractivity contribution < 1.29 is 5.11 Å². The van der Waals surface area contributed by atoms with Crippen LogP contribution in [0.15, 0.2) is 35.9 Å². The minimum Gasteiger partial charge on any atom is -0.508 e. The Bertz CT molecular complexity index is 354. The third kappa shape index (κ3) is 3.70. The second-order valence-corrected chi connectivity index (χ2v) is 4.21. The van der Waals surface area contributed by atoms with E-state index in [9.17, 15) is 5.11 Å². The Labute approximate surface area is 98.0 Å². The summed E-state index contributed by atoms with van der Waals surface area (Å²) in [5.41, 5.74) is 2.28. The summed E-state index contributed by atoms with van der Waals surface area (Å²) in [4.78, 5) is 0. The molecule has 1 aromatic carbocycles. The van der Waals surface area contributed by atoms with E-state index in [0.29, 0.717) is 5.75 Å². The molecule has 1 aromatic rings. The van der Waals surface area contributed by atoms with Crippen molar-refractivity contribution >= 4 is 0 Å². The Balaban J connectivity index is 2.68. The van der Waals surface area contributed by atoms with Crippen LogP contribution in [-0.4, -0.2) is 11.7 Å². The number of aromatic hydroxyl groups is 1. The monoisotopic (exact) mass is 219 g/mol. The van der Waals surface area contributed by atoms with Crippen LogP contribution in [0.2, 0.25) is 0 Å². The van der Waals surface area contributed by atoms with Gasteiger partial charge in [-0.2, -0.15) is 0 Å². The van der Waals surface area contributed by atoms with Gasteiger partial charge in [0.1, 0.15) is 5.75 Å². The predicted molar refractivity (Wildman–Crippen MR) is 68.6 cm³/mol. The minimum atomic E-state index is 0.219. The molecule has 0 saturated carbocycles. The number of phenolic OH excluding ortho intramolecular Hbond substituents is 1. The molecule has 1 rings (SSSR count). The van der Waals surface area contributed by atoms with Crippen molar-refractivity contribution in [3.8, 4) is 5.75 Å². The Morgan fingerprint density at radius 1 is 1.38 bits per heavy atom. The Morgan fingerprint density at radius 3 is 2.62 bits per heavy atom. The summed E-state index contributed by atoms with van der Waals surface area (Å²) in [7, 11) is 0. The lowest BCUT2D eigenvalue weighted by Gasteiger charge is -2.17. The van der Waals surface area contributed by atoms with Crippen molar-refractivity contribution in [2.75, 3.05) is 6.54 Å². The van der Waals surface area contributed by atoms with E-state index in [4.69, 9.17) is 0 Å². The number of rotatable bonds is 5. The van der Waals surface area contributed by atoms with Crippen LogP contribution >= 0.6 is 0 Å². The zero-order valence-corrected chi connectivity index (χ0v) is 10.3. The van der Waals surface area contributed by atoms with Crippen molar-refractivity contribution in [3.05, 3.63) is 41.5 Å². The molecule has 88 valence electrons. The van der Waals surface area contributed by atoms with Gasteiger partial charge in [0, 0.05) is 18.2 Å². The highest BCUT2D eigenvalue weighted by molar-refractivity contribution is 5.34. The maximum Gasteiger partial charge on any atom is 0.120 e. The molecule has 0 aliphatic rings. The molecule has 1 unspecified atom stereocenters. The number of benzene rings is 1. The van der Waals surface area contributed by atoms with Gasteiger partial charge in [-0.3, -0.25) is 0 Å². The molecule has 1 atom stereocenters.